The second-order valence-corrected chi connectivity index (χ2v) is 3.91. The first-order chi connectivity index (χ1) is 9.06. The molecule has 1 aromatic rings. The number of anilines is 1. The minimum absolute atomic E-state index is 0.0774. The van der Waals surface area contributed by atoms with Gasteiger partial charge < -0.3 is 5.11 Å². The first-order valence-electron chi connectivity index (χ1n) is 5.74. The number of carbonyl (C=O) groups excluding carboxylic acids is 1. The van der Waals surface area contributed by atoms with E-state index < -0.39 is 12.0 Å². The van der Waals surface area contributed by atoms with Crippen molar-refractivity contribution in [2.24, 2.45) is 0 Å². The Balaban J connectivity index is 2.70. The predicted molar refractivity (Wildman–Crippen MR) is 69.5 cm³/mol. The summed E-state index contributed by atoms with van der Waals surface area (Å²) in [6, 6.07) is 9.88. The van der Waals surface area contributed by atoms with Crippen LogP contribution in [0.5, 0.6) is 0 Å². The zero-order chi connectivity index (χ0) is 14.3. The van der Waals surface area contributed by atoms with E-state index in [1.165, 1.54) is 11.8 Å². The van der Waals surface area contributed by atoms with Crippen molar-refractivity contribution >= 4 is 17.6 Å². The molecule has 100 valence electrons. The summed E-state index contributed by atoms with van der Waals surface area (Å²) < 4.78 is 0. The topological polar surface area (TPSA) is 93.4 Å². The molecule has 0 aliphatic carbocycles. The van der Waals surface area contributed by atoms with Crippen LogP contribution in [0, 0.1) is 11.3 Å². The van der Waals surface area contributed by atoms with Gasteiger partial charge in [-0.25, -0.2) is 0 Å². The summed E-state index contributed by atoms with van der Waals surface area (Å²) >= 11 is 0. The van der Waals surface area contributed by atoms with Gasteiger partial charge in [0, 0.05) is 5.69 Å². The number of nitrogens with zero attached hydrogens (tertiary/aromatic N) is 2. The lowest BCUT2D eigenvalue weighted by Gasteiger charge is -2.20. The molecule has 6 heteroatoms. The molecule has 0 aromatic heterocycles. The molecule has 0 aliphatic rings. The molecule has 0 bridgehead atoms. The van der Waals surface area contributed by atoms with Gasteiger partial charge in [-0.3, -0.25) is 19.8 Å². The summed E-state index contributed by atoms with van der Waals surface area (Å²) in [6.07, 6.45) is 0. The number of hydrogen-bond donors (Lipinski definition) is 2. The molecule has 1 rings (SSSR count). The quantitative estimate of drug-likeness (QED) is 0.732. The molecule has 0 saturated heterocycles. The number of nitriles is 1. The number of para-hydroxylation sites is 1. The molecule has 1 aromatic carbocycles. The number of nitrogens with one attached hydrogen (secondary N) is 1. The average molecular weight is 261 g/mol. The van der Waals surface area contributed by atoms with Gasteiger partial charge in [0.05, 0.1) is 12.6 Å². The Bertz CT molecular complexity index is 482. The van der Waals surface area contributed by atoms with Crippen LogP contribution < -0.4 is 10.2 Å². The molecule has 1 amide bonds. The average Bonchev–Trinajstić information content (AvgIpc) is 2.42. The highest BCUT2D eigenvalue weighted by atomic mass is 16.4. The molecule has 1 unspecified atom stereocenters. The molecule has 1 atom stereocenters. The lowest BCUT2D eigenvalue weighted by Crippen LogP contribution is -2.43. The first-order valence-corrected chi connectivity index (χ1v) is 5.74. The summed E-state index contributed by atoms with van der Waals surface area (Å²) in [7, 11) is 0. The van der Waals surface area contributed by atoms with E-state index in [-0.39, 0.29) is 19.0 Å². The van der Waals surface area contributed by atoms with Crippen molar-refractivity contribution in [3.8, 4) is 6.07 Å². The number of benzene rings is 1. The van der Waals surface area contributed by atoms with Gasteiger partial charge in [0.15, 0.2) is 0 Å². The van der Waals surface area contributed by atoms with Gasteiger partial charge in [0.25, 0.3) is 0 Å². The maximum absolute atomic E-state index is 12.0. The zero-order valence-electron chi connectivity index (χ0n) is 10.5. The van der Waals surface area contributed by atoms with E-state index in [0.29, 0.717) is 5.69 Å². The predicted octanol–water partition coefficient (Wildman–Crippen LogP) is 0.606. The molecular weight excluding hydrogens is 246 g/mol. The Kier molecular flexibility index (Phi) is 5.51. The number of carbonyl (C=O) groups is 2. The van der Waals surface area contributed by atoms with Crippen LogP contribution in [-0.2, 0) is 9.59 Å². The van der Waals surface area contributed by atoms with Gasteiger partial charge in [-0.05, 0) is 19.1 Å². The number of aliphatic carboxylic acids is 1. The van der Waals surface area contributed by atoms with E-state index in [9.17, 15) is 9.59 Å². The summed E-state index contributed by atoms with van der Waals surface area (Å²) in [5.74, 6) is -1.37. The largest absolute Gasteiger partial charge is 0.480 e. The fraction of sp³-hybridized carbons (Fsp3) is 0.308. The van der Waals surface area contributed by atoms with Crippen LogP contribution in [-0.4, -0.2) is 36.1 Å². The van der Waals surface area contributed by atoms with E-state index in [2.05, 4.69) is 5.32 Å². The molecule has 0 fully saturated rings. The molecule has 0 aliphatic heterocycles. The fourth-order valence-corrected chi connectivity index (χ4v) is 1.43. The zero-order valence-corrected chi connectivity index (χ0v) is 10.5. The Hall–Kier alpha value is -2.39. The van der Waals surface area contributed by atoms with Gasteiger partial charge >= 0.3 is 5.97 Å². The first kappa shape index (κ1) is 14.7. The molecular formula is C13H15N3O3. The normalized spacial score (nSPS) is 11.4. The Morgan fingerprint density at radius 2 is 2.05 bits per heavy atom. The van der Waals surface area contributed by atoms with Crippen molar-refractivity contribution in [2.45, 2.75) is 13.0 Å². The number of hydrogen-bond acceptors (Lipinski definition) is 4. The van der Waals surface area contributed by atoms with E-state index in [4.69, 9.17) is 10.4 Å². The Labute approximate surface area is 111 Å². The van der Waals surface area contributed by atoms with E-state index in [0.717, 1.165) is 0 Å². The minimum atomic E-state index is -1.03. The summed E-state index contributed by atoms with van der Waals surface area (Å²) in [5.41, 5.74) is 0.610. The van der Waals surface area contributed by atoms with E-state index in [1.54, 1.807) is 24.3 Å². The third-order valence-electron chi connectivity index (χ3n) is 2.53. The van der Waals surface area contributed by atoms with Crippen molar-refractivity contribution in [1.82, 2.24) is 5.32 Å². The standard InChI is InChI=1S/C13H15N3O3/c1-10(13(18)19)15-9-12(17)16(8-7-14)11-5-3-2-4-6-11/h2-6,10,15H,8-9H2,1H3,(H,18,19). The number of carboxylic acids is 1. The third kappa shape index (κ3) is 4.41. The SMILES string of the molecule is CC(NCC(=O)N(CC#N)c1ccccc1)C(=O)O. The van der Waals surface area contributed by atoms with Crippen molar-refractivity contribution in [3.63, 3.8) is 0 Å². The van der Waals surface area contributed by atoms with Gasteiger partial charge in [0.1, 0.15) is 12.6 Å². The van der Waals surface area contributed by atoms with Crippen LogP contribution in [0.1, 0.15) is 6.92 Å². The van der Waals surface area contributed by atoms with Crippen molar-refractivity contribution in [1.29, 1.82) is 5.26 Å². The molecule has 0 heterocycles. The molecule has 0 radical (unpaired) electrons. The summed E-state index contributed by atoms with van der Waals surface area (Å²) in [5, 5.41) is 20.1. The van der Waals surface area contributed by atoms with Crippen LogP contribution in [0.25, 0.3) is 0 Å². The van der Waals surface area contributed by atoms with Crippen molar-refractivity contribution in [2.75, 3.05) is 18.0 Å². The highest BCUT2D eigenvalue weighted by molar-refractivity contribution is 5.95. The molecule has 6 nitrogen and oxygen atoms in total. The second kappa shape index (κ2) is 7.13. The van der Waals surface area contributed by atoms with Gasteiger partial charge in [0.2, 0.25) is 5.91 Å². The molecule has 0 spiro atoms. The minimum Gasteiger partial charge on any atom is -0.480 e. The van der Waals surface area contributed by atoms with Crippen LogP contribution in [0.4, 0.5) is 5.69 Å². The third-order valence-corrected chi connectivity index (χ3v) is 2.53. The maximum Gasteiger partial charge on any atom is 0.320 e. The van der Waals surface area contributed by atoms with Crippen LogP contribution in [0.15, 0.2) is 30.3 Å². The highest BCUT2D eigenvalue weighted by Crippen LogP contribution is 2.12. The van der Waals surface area contributed by atoms with E-state index >= 15 is 0 Å². The van der Waals surface area contributed by atoms with Gasteiger partial charge in [-0.1, -0.05) is 18.2 Å². The molecule has 0 saturated carbocycles. The lowest BCUT2D eigenvalue weighted by molar-refractivity contribution is -0.139. The van der Waals surface area contributed by atoms with Crippen molar-refractivity contribution in [3.05, 3.63) is 30.3 Å². The van der Waals surface area contributed by atoms with Crippen molar-refractivity contribution < 1.29 is 14.7 Å². The Morgan fingerprint density at radius 1 is 1.42 bits per heavy atom. The number of rotatable bonds is 6. The van der Waals surface area contributed by atoms with Crippen LogP contribution in [0.3, 0.4) is 0 Å². The fourth-order valence-electron chi connectivity index (χ4n) is 1.43. The summed E-state index contributed by atoms with van der Waals surface area (Å²) in [6.45, 7) is 1.24. The van der Waals surface area contributed by atoms with Crippen LogP contribution in [0.2, 0.25) is 0 Å². The summed E-state index contributed by atoms with van der Waals surface area (Å²) in [4.78, 5) is 23.9. The highest BCUT2D eigenvalue weighted by Gasteiger charge is 2.17. The smallest absolute Gasteiger partial charge is 0.320 e. The molecule has 2 N–H and O–H groups in total. The van der Waals surface area contributed by atoms with E-state index in [1.807, 2.05) is 12.1 Å². The van der Waals surface area contributed by atoms with Gasteiger partial charge in [-0.15, -0.1) is 0 Å². The monoisotopic (exact) mass is 261 g/mol. The number of carboxylic acid groups (broad SMARTS) is 1. The maximum atomic E-state index is 12.0. The Morgan fingerprint density at radius 3 is 2.58 bits per heavy atom. The lowest BCUT2D eigenvalue weighted by atomic mass is 10.2. The second-order valence-electron chi connectivity index (χ2n) is 3.91. The molecule has 19 heavy (non-hydrogen) atoms. The number of amides is 1. The van der Waals surface area contributed by atoms with Gasteiger partial charge in [-0.2, -0.15) is 5.26 Å². The van der Waals surface area contributed by atoms with Crippen LogP contribution >= 0.6 is 0 Å².